The van der Waals surface area contributed by atoms with Crippen molar-refractivity contribution in [1.29, 1.82) is 0 Å². The summed E-state index contributed by atoms with van der Waals surface area (Å²) >= 11 is 5.51. The van der Waals surface area contributed by atoms with Gasteiger partial charge in [0.25, 0.3) is 0 Å². The third kappa shape index (κ3) is 1.93. The Bertz CT molecular complexity index is 525. The molecule has 0 atom stereocenters. The number of aryl methyl sites for hydroxylation is 1. The zero-order valence-corrected chi connectivity index (χ0v) is 9.18. The Morgan fingerprint density at radius 1 is 1.31 bits per heavy atom. The molecule has 2 aromatic rings. The highest BCUT2D eigenvalue weighted by Gasteiger charge is 2.13. The summed E-state index contributed by atoms with van der Waals surface area (Å²) in [5.74, 6) is -0.602. The van der Waals surface area contributed by atoms with Crippen molar-refractivity contribution in [1.82, 2.24) is 4.98 Å². The maximum Gasteiger partial charge on any atom is 0.209 e. The summed E-state index contributed by atoms with van der Waals surface area (Å²) in [6, 6.07) is 2.21. The van der Waals surface area contributed by atoms with Gasteiger partial charge in [-0.05, 0) is 18.6 Å². The molecule has 16 heavy (non-hydrogen) atoms. The van der Waals surface area contributed by atoms with E-state index < -0.39 is 11.6 Å². The van der Waals surface area contributed by atoms with Crippen molar-refractivity contribution in [3.05, 3.63) is 41.4 Å². The number of halogens is 3. The molecule has 2 rings (SSSR count). The molecule has 0 unspecified atom stereocenters. The van der Waals surface area contributed by atoms with Crippen LogP contribution in [0.15, 0.2) is 22.7 Å². The van der Waals surface area contributed by atoms with E-state index in [-0.39, 0.29) is 17.2 Å². The molecule has 1 aromatic heterocycles. The number of nitrogens with zero attached hydrogens (tertiary/aromatic N) is 1. The van der Waals surface area contributed by atoms with Crippen molar-refractivity contribution in [2.45, 2.75) is 12.8 Å². The van der Waals surface area contributed by atoms with Crippen molar-refractivity contribution in [2.75, 3.05) is 0 Å². The minimum atomic E-state index is -0.680. The van der Waals surface area contributed by atoms with Crippen LogP contribution in [0.3, 0.4) is 0 Å². The lowest BCUT2D eigenvalue weighted by molar-refractivity contribution is 0.521. The monoisotopic (exact) mass is 243 g/mol. The van der Waals surface area contributed by atoms with Gasteiger partial charge in [-0.2, -0.15) is 0 Å². The highest BCUT2D eigenvalue weighted by atomic mass is 35.5. The van der Waals surface area contributed by atoms with Crippen LogP contribution in [0.4, 0.5) is 8.78 Å². The summed E-state index contributed by atoms with van der Waals surface area (Å²) in [7, 11) is 0. The minimum absolute atomic E-state index is 0.113. The highest BCUT2D eigenvalue weighted by Crippen LogP contribution is 2.26. The number of benzene rings is 1. The Hall–Kier alpha value is -1.42. The summed E-state index contributed by atoms with van der Waals surface area (Å²) in [5, 5.41) is 0. The van der Waals surface area contributed by atoms with Gasteiger partial charge in [-0.3, -0.25) is 0 Å². The second-order valence-corrected chi connectivity index (χ2v) is 3.60. The first-order valence-corrected chi connectivity index (χ1v) is 5.12. The second-order valence-electron chi connectivity index (χ2n) is 3.33. The van der Waals surface area contributed by atoms with Gasteiger partial charge in [0.1, 0.15) is 11.6 Å². The number of alkyl halides is 1. The van der Waals surface area contributed by atoms with Gasteiger partial charge >= 0.3 is 0 Å². The van der Waals surface area contributed by atoms with Gasteiger partial charge < -0.3 is 4.42 Å². The molecule has 0 N–H and O–H groups in total. The van der Waals surface area contributed by atoms with Crippen molar-refractivity contribution < 1.29 is 13.2 Å². The summed E-state index contributed by atoms with van der Waals surface area (Å²) in [4.78, 5) is 3.85. The average Bonchev–Trinajstić information content (AvgIpc) is 2.71. The molecular formula is C11H8ClF2NO. The van der Waals surface area contributed by atoms with Crippen LogP contribution in [-0.2, 0) is 5.88 Å². The van der Waals surface area contributed by atoms with E-state index in [9.17, 15) is 8.78 Å². The molecule has 0 saturated carbocycles. The fourth-order valence-electron chi connectivity index (χ4n) is 1.34. The fourth-order valence-corrected chi connectivity index (χ4v) is 1.47. The number of aromatic nitrogens is 1. The summed E-state index contributed by atoms with van der Waals surface area (Å²) in [6.07, 6.45) is 1.37. The smallest absolute Gasteiger partial charge is 0.209 e. The summed E-state index contributed by atoms with van der Waals surface area (Å²) < 4.78 is 31.7. The molecule has 0 aliphatic heterocycles. The Kier molecular flexibility index (Phi) is 2.92. The molecule has 0 radical (unpaired) electrons. The maximum atomic E-state index is 13.5. The first kappa shape index (κ1) is 11.1. The molecule has 0 aliphatic carbocycles. The second kappa shape index (κ2) is 4.22. The standard InChI is InChI=1S/C11H8ClF2NO/c1-6-2-7(9(14)3-8(6)13)10-5-15-11(4-12)16-10/h2-3,5H,4H2,1H3. The van der Waals surface area contributed by atoms with E-state index >= 15 is 0 Å². The van der Waals surface area contributed by atoms with E-state index in [1.165, 1.54) is 12.3 Å². The molecule has 0 fully saturated rings. The van der Waals surface area contributed by atoms with E-state index in [1.54, 1.807) is 6.92 Å². The van der Waals surface area contributed by atoms with Gasteiger partial charge in [0.2, 0.25) is 5.89 Å². The number of hydrogen-bond acceptors (Lipinski definition) is 2. The lowest BCUT2D eigenvalue weighted by atomic mass is 10.1. The van der Waals surface area contributed by atoms with Crippen LogP contribution in [0.5, 0.6) is 0 Å². The van der Waals surface area contributed by atoms with Crippen LogP contribution in [0.1, 0.15) is 11.5 Å². The van der Waals surface area contributed by atoms with Gasteiger partial charge in [-0.15, -0.1) is 11.6 Å². The quantitative estimate of drug-likeness (QED) is 0.753. The van der Waals surface area contributed by atoms with Crippen molar-refractivity contribution >= 4 is 11.6 Å². The van der Waals surface area contributed by atoms with Crippen LogP contribution in [0.25, 0.3) is 11.3 Å². The molecule has 1 heterocycles. The van der Waals surface area contributed by atoms with Crippen LogP contribution in [-0.4, -0.2) is 4.98 Å². The third-order valence-electron chi connectivity index (χ3n) is 2.18. The Morgan fingerprint density at radius 2 is 2.06 bits per heavy atom. The molecule has 1 aromatic carbocycles. The Labute approximate surface area is 95.9 Å². The molecular weight excluding hydrogens is 236 g/mol. The SMILES string of the molecule is Cc1cc(-c2cnc(CCl)o2)c(F)cc1F. The summed E-state index contributed by atoms with van der Waals surface area (Å²) in [6.45, 7) is 1.55. The first-order chi connectivity index (χ1) is 7.61. The third-order valence-corrected chi connectivity index (χ3v) is 2.41. The van der Waals surface area contributed by atoms with Crippen molar-refractivity contribution in [3.8, 4) is 11.3 Å². The van der Waals surface area contributed by atoms with E-state index in [0.29, 0.717) is 11.5 Å². The Morgan fingerprint density at radius 3 is 2.69 bits per heavy atom. The van der Waals surface area contributed by atoms with E-state index in [4.69, 9.17) is 16.0 Å². The number of oxazole rings is 1. The molecule has 0 spiro atoms. The molecule has 2 nitrogen and oxygen atoms in total. The van der Waals surface area contributed by atoms with E-state index in [0.717, 1.165) is 6.07 Å². The zero-order chi connectivity index (χ0) is 11.7. The molecule has 5 heteroatoms. The number of rotatable bonds is 2. The average molecular weight is 244 g/mol. The first-order valence-electron chi connectivity index (χ1n) is 4.58. The molecule has 0 aliphatic rings. The van der Waals surface area contributed by atoms with Gasteiger partial charge in [0, 0.05) is 6.07 Å². The predicted octanol–water partition coefficient (Wildman–Crippen LogP) is 3.67. The maximum absolute atomic E-state index is 13.5. The van der Waals surface area contributed by atoms with Gasteiger partial charge in [-0.1, -0.05) is 0 Å². The lowest BCUT2D eigenvalue weighted by Crippen LogP contribution is -1.89. The molecule has 0 amide bonds. The highest BCUT2D eigenvalue weighted by molar-refractivity contribution is 6.16. The minimum Gasteiger partial charge on any atom is -0.439 e. The molecule has 0 saturated heterocycles. The van der Waals surface area contributed by atoms with Gasteiger partial charge in [-0.25, -0.2) is 13.8 Å². The van der Waals surface area contributed by atoms with E-state index in [2.05, 4.69) is 4.98 Å². The Balaban J connectivity index is 2.51. The number of hydrogen-bond donors (Lipinski definition) is 0. The van der Waals surface area contributed by atoms with Crippen molar-refractivity contribution in [3.63, 3.8) is 0 Å². The normalized spacial score (nSPS) is 10.8. The van der Waals surface area contributed by atoms with Crippen LogP contribution >= 0.6 is 11.6 Å². The zero-order valence-electron chi connectivity index (χ0n) is 8.43. The van der Waals surface area contributed by atoms with Crippen molar-refractivity contribution in [2.24, 2.45) is 0 Å². The molecule has 84 valence electrons. The predicted molar refractivity (Wildman–Crippen MR) is 56.1 cm³/mol. The van der Waals surface area contributed by atoms with E-state index in [1.807, 2.05) is 0 Å². The van der Waals surface area contributed by atoms with Crippen LogP contribution < -0.4 is 0 Å². The van der Waals surface area contributed by atoms with Gasteiger partial charge in [0.05, 0.1) is 17.6 Å². The van der Waals surface area contributed by atoms with Gasteiger partial charge in [0.15, 0.2) is 5.76 Å². The van der Waals surface area contributed by atoms with Crippen LogP contribution in [0, 0.1) is 18.6 Å². The fraction of sp³-hybridized carbons (Fsp3) is 0.182. The largest absolute Gasteiger partial charge is 0.439 e. The lowest BCUT2D eigenvalue weighted by Gasteiger charge is -2.02. The summed E-state index contributed by atoms with van der Waals surface area (Å²) in [5.41, 5.74) is 0.531. The van der Waals surface area contributed by atoms with Crippen LogP contribution in [0.2, 0.25) is 0 Å². The topological polar surface area (TPSA) is 26.0 Å². The molecule has 0 bridgehead atoms.